The average molecular weight is 277 g/mol. The van der Waals surface area contributed by atoms with Crippen LogP contribution in [0, 0.1) is 22.5 Å². The normalized spacial score (nSPS) is 22.1. The zero-order valence-corrected chi connectivity index (χ0v) is 11.8. The first-order valence-corrected chi connectivity index (χ1v) is 6.61. The molecule has 0 spiro atoms. The van der Waals surface area contributed by atoms with Crippen molar-refractivity contribution in [1.82, 2.24) is 4.90 Å². The Morgan fingerprint density at radius 1 is 1.55 bits per heavy atom. The van der Waals surface area contributed by atoms with Crippen molar-refractivity contribution in [2.24, 2.45) is 11.1 Å². The summed E-state index contributed by atoms with van der Waals surface area (Å²) in [6.45, 7) is 5.32. The number of nitrogens with zero attached hydrogens (tertiary/aromatic N) is 2. The molecule has 1 aromatic carbocycles. The van der Waals surface area contributed by atoms with Crippen LogP contribution in [0.2, 0.25) is 0 Å². The van der Waals surface area contributed by atoms with Crippen LogP contribution in [-0.4, -0.2) is 35.4 Å². The van der Waals surface area contributed by atoms with Gasteiger partial charge in [0.05, 0.1) is 4.92 Å². The Bertz CT molecular complexity index is 559. The van der Waals surface area contributed by atoms with Crippen LogP contribution >= 0.6 is 0 Å². The Morgan fingerprint density at radius 2 is 2.25 bits per heavy atom. The molecule has 1 heterocycles. The van der Waals surface area contributed by atoms with Crippen molar-refractivity contribution in [2.45, 2.75) is 20.3 Å². The number of rotatable bonds is 3. The van der Waals surface area contributed by atoms with E-state index in [1.165, 1.54) is 6.07 Å². The van der Waals surface area contributed by atoms with Gasteiger partial charge in [-0.1, -0.05) is 19.1 Å². The van der Waals surface area contributed by atoms with Crippen LogP contribution < -0.4 is 5.73 Å². The molecule has 2 rings (SSSR count). The summed E-state index contributed by atoms with van der Waals surface area (Å²) < 4.78 is 0. The van der Waals surface area contributed by atoms with Crippen molar-refractivity contribution in [1.29, 1.82) is 0 Å². The average Bonchev–Trinajstić information content (AvgIpc) is 2.80. The molecular formula is C14H19N3O3. The van der Waals surface area contributed by atoms with Crippen LogP contribution in [0.15, 0.2) is 18.2 Å². The molecule has 1 fully saturated rings. The zero-order chi connectivity index (χ0) is 14.9. The predicted molar refractivity (Wildman–Crippen MR) is 75.5 cm³/mol. The number of carbonyl (C=O) groups excluding carboxylic acids is 1. The van der Waals surface area contributed by atoms with Gasteiger partial charge in [-0.25, -0.2) is 0 Å². The molecule has 0 aromatic heterocycles. The monoisotopic (exact) mass is 277 g/mol. The van der Waals surface area contributed by atoms with Gasteiger partial charge in [0, 0.05) is 18.7 Å². The summed E-state index contributed by atoms with van der Waals surface area (Å²) in [7, 11) is 0. The van der Waals surface area contributed by atoms with Crippen LogP contribution in [0.3, 0.4) is 0 Å². The standard InChI is InChI=1S/C14H19N3O3/c1-10-4-3-5-11(12(10)17(19)20)13(18)16-7-6-14(2,8-15)9-16/h3-5H,6-9,15H2,1-2H3. The second-order valence-corrected chi connectivity index (χ2v) is 5.72. The maximum Gasteiger partial charge on any atom is 0.285 e. The van der Waals surface area contributed by atoms with Gasteiger partial charge < -0.3 is 10.6 Å². The molecule has 1 aliphatic rings. The molecule has 1 amide bonds. The molecule has 108 valence electrons. The number of nitrogens with two attached hydrogens (primary N) is 1. The largest absolute Gasteiger partial charge is 0.338 e. The Morgan fingerprint density at radius 3 is 2.80 bits per heavy atom. The van der Waals surface area contributed by atoms with E-state index in [0.717, 1.165) is 6.42 Å². The van der Waals surface area contributed by atoms with E-state index in [-0.39, 0.29) is 22.6 Å². The van der Waals surface area contributed by atoms with Gasteiger partial charge in [0.2, 0.25) is 0 Å². The predicted octanol–water partition coefficient (Wildman–Crippen LogP) is 1.71. The van der Waals surface area contributed by atoms with Crippen LogP contribution in [0.25, 0.3) is 0 Å². The molecule has 6 heteroatoms. The second-order valence-electron chi connectivity index (χ2n) is 5.72. The molecule has 0 radical (unpaired) electrons. The van der Waals surface area contributed by atoms with Crippen molar-refractivity contribution in [2.75, 3.05) is 19.6 Å². The minimum Gasteiger partial charge on any atom is -0.338 e. The number of likely N-dealkylation sites (tertiary alicyclic amines) is 1. The Balaban J connectivity index is 2.32. The molecule has 6 nitrogen and oxygen atoms in total. The lowest BCUT2D eigenvalue weighted by Gasteiger charge is -2.22. The molecule has 1 unspecified atom stereocenters. The van der Waals surface area contributed by atoms with Crippen LogP contribution in [0.1, 0.15) is 29.3 Å². The molecule has 1 aliphatic heterocycles. The summed E-state index contributed by atoms with van der Waals surface area (Å²) in [5, 5.41) is 11.2. The number of hydrogen-bond donors (Lipinski definition) is 1. The molecule has 0 bridgehead atoms. The summed E-state index contributed by atoms with van der Waals surface area (Å²) >= 11 is 0. The first-order valence-electron chi connectivity index (χ1n) is 6.61. The first-order chi connectivity index (χ1) is 9.38. The quantitative estimate of drug-likeness (QED) is 0.672. The number of nitro groups is 1. The number of para-hydroxylation sites is 1. The second kappa shape index (κ2) is 5.20. The minimum atomic E-state index is -0.485. The maximum atomic E-state index is 12.5. The van der Waals surface area contributed by atoms with Gasteiger partial charge in [0.25, 0.3) is 11.6 Å². The van der Waals surface area contributed by atoms with Crippen molar-refractivity contribution in [3.05, 3.63) is 39.4 Å². The fourth-order valence-corrected chi connectivity index (χ4v) is 2.61. The molecule has 0 saturated carbocycles. The highest BCUT2D eigenvalue weighted by atomic mass is 16.6. The number of carbonyl (C=O) groups is 1. The highest BCUT2D eigenvalue weighted by molar-refractivity contribution is 5.98. The van der Waals surface area contributed by atoms with E-state index in [1.807, 2.05) is 6.92 Å². The van der Waals surface area contributed by atoms with Crippen LogP contribution in [0.5, 0.6) is 0 Å². The molecule has 2 N–H and O–H groups in total. The smallest absolute Gasteiger partial charge is 0.285 e. The van der Waals surface area contributed by atoms with E-state index in [1.54, 1.807) is 24.0 Å². The Kier molecular flexibility index (Phi) is 3.76. The fourth-order valence-electron chi connectivity index (χ4n) is 2.61. The lowest BCUT2D eigenvalue weighted by Crippen LogP contribution is -2.34. The number of benzene rings is 1. The van der Waals surface area contributed by atoms with Crippen LogP contribution in [-0.2, 0) is 0 Å². The van der Waals surface area contributed by atoms with Gasteiger partial charge in [-0.05, 0) is 31.4 Å². The molecule has 1 atom stereocenters. The highest BCUT2D eigenvalue weighted by Crippen LogP contribution is 2.31. The highest BCUT2D eigenvalue weighted by Gasteiger charge is 2.37. The number of aryl methyl sites for hydroxylation is 1. The van der Waals surface area contributed by atoms with Crippen molar-refractivity contribution < 1.29 is 9.72 Å². The van der Waals surface area contributed by atoms with Gasteiger partial charge in [-0.2, -0.15) is 0 Å². The summed E-state index contributed by atoms with van der Waals surface area (Å²) in [6, 6.07) is 4.84. The maximum absolute atomic E-state index is 12.5. The third-order valence-corrected chi connectivity index (χ3v) is 3.99. The van der Waals surface area contributed by atoms with E-state index in [2.05, 4.69) is 0 Å². The van der Waals surface area contributed by atoms with E-state index >= 15 is 0 Å². The number of nitro benzene ring substituents is 1. The van der Waals surface area contributed by atoms with Gasteiger partial charge >= 0.3 is 0 Å². The molecule has 0 aliphatic carbocycles. The summed E-state index contributed by atoms with van der Waals surface area (Å²) in [5.41, 5.74) is 6.20. The summed E-state index contributed by atoms with van der Waals surface area (Å²) in [6.07, 6.45) is 0.828. The van der Waals surface area contributed by atoms with Gasteiger partial charge in [0.1, 0.15) is 5.56 Å². The van der Waals surface area contributed by atoms with Crippen LogP contribution in [0.4, 0.5) is 5.69 Å². The number of amides is 1. The SMILES string of the molecule is Cc1cccc(C(=O)N2CCC(C)(CN)C2)c1[N+](=O)[O-]. The van der Waals surface area contributed by atoms with Gasteiger partial charge in [-0.15, -0.1) is 0 Å². The first kappa shape index (κ1) is 14.5. The minimum absolute atomic E-state index is 0.0890. The van der Waals surface area contributed by atoms with E-state index in [9.17, 15) is 14.9 Å². The van der Waals surface area contributed by atoms with E-state index in [4.69, 9.17) is 5.73 Å². The van der Waals surface area contributed by atoms with E-state index < -0.39 is 4.92 Å². The molecular weight excluding hydrogens is 258 g/mol. The van der Waals surface area contributed by atoms with Gasteiger partial charge in [-0.3, -0.25) is 14.9 Å². The lowest BCUT2D eigenvalue weighted by molar-refractivity contribution is -0.385. The zero-order valence-electron chi connectivity index (χ0n) is 11.8. The Hall–Kier alpha value is -1.95. The van der Waals surface area contributed by atoms with Gasteiger partial charge in [0.15, 0.2) is 0 Å². The molecule has 1 aromatic rings. The van der Waals surface area contributed by atoms with E-state index in [0.29, 0.717) is 25.2 Å². The number of hydrogen-bond acceptors (Lipinski definition) is 4. The third-order valence-electron chi connectivity index (χ3n) is 3.99. The summed E-state index contributed by atoms with van der Waals surface area (Å²) in [5.74, 6) is -0.280. The van der Waals surface area contributed by atoms with Crippen molar-refractivity contribution in [3.8, 4) is 0 Å². The summed E-state index contributed by atoms with van der Waals surface area (Å²) in [4.78, 5) is 24.8. The van der Waals surface area contributed by atoms with Crippen molar-refractivity contribution >= 4 is 11.6 Å². The van der Waals surface area contributed by atoms with Crippen molar-refractivity contribution in [3.63, 3.8) is 0 Å². The topological polar surface area (TPSA) is 89.5 Å². The third kappa shape index (κ3) is 2.51. The fraction of sp³-hybridized carbons (Fsp3) is 0.500. The molecule has 1 saturated heterocycles. The lowest BCUT2D eigenvalue weighted by atomic mass is 9.90. The Labute approximate surface area is 117 Å². The molecule has 20 heavy (non-hydrogen) atoms.